The summed E-state index contributed by atoms with van der Waals surface area (Å²) < 4.78 is 78.9. The highest BCUT2D eigenvalue weighted by Crippen LogP contribution is 2.41. The summed E-state index contributed by atoms with van der Waals surface area (Å²) in [5.74, 6) is 0. The molecule has 2 aliphatic rings. The Labute approximate surface area is 180 Å². The molecule has 0 radical (unpaired) electrons. The number of piperazine rings is 1. The summed E-state index contributed by atoms with van der Waals surface area (Å²) in [6, 6.07) is 8.51. The number of fused-ring (bicyclic) bond motifs is 2. The number of benzene rings is 2. The first-order valence-corrected chi connectivity index (χ1v) is 10.1. The van der Waals surface area contributed by atoms with Crippen molar-refractivity contribution in [3.8, 4) is 0 Å². The molecule has 2 aliphatic heterocycles. The lowest BCUT2D eigenvalue weighted by Gasteiger charge is -2.38. The van der Waals surface area contributed by atoms with Gasteiger partial charge >= 0.3 is 18.4 Å². The standard InChI is InChI=1S/C22H21F6N3O/c1-13(18-7-2-3-8-19(18)22(26,27)28)30-11-17-10-16(30)12-31(17)20(32)29-15-6-4-5-14(9-15)21(23,24)25/h2-9,13,16-17H,10-12H2,1H3,(H,29,32). The molecule has 1 N–H and O–H groups in total. The van der Waals surface area contributed by atoms with Gasteiger partial charge in [0.1, 0.15) is 0 Å². The number of amides is 2. The van der Waals surface area contributed by atoms with Crippen LogP contribution in [0.5, 0.6) is 0 Å². The minimum absolute atomic E-state index is 0.0388. The molecule has 0 aliphatic carbocycles. The number of urea groups is 1. The van der Waals surface area contributed by atoms with Crippen LogP contribution in [0.3, 0.4) is 0 Å². The third-order valence-corrected chi connectivity index (χ3v) is 6.20. The summed E-state index contributed by atoms with van der Waals surface area (Å²) in [6.07, 6.45) is -8.37. The monoisotopic (exact) mass is 457 g/mol. The molecular weight excluding hydrogens is 436 g/mol. The van der Waals surface area contributed by atoms with Gasteiger partial charge in [0.15, 0.2) is 0 Å². The quantitative estimate of drug-likeness (QED) is 0.594. The highest BCUT2D eigenvalue weighted by atomic mass is 19.4. The molecule has 172 valence electrons. The smallest absolute Gasteiger partial charge is 0.319 e. The molecule has 32 heavy (non-hydrogen) atoms. The average Bonchev–Trinajstić information content (AvgIpc) is 3.33. The van der Waals surface area contributed by atoms with Crippen molar-refractivity contribution in [2.45, 2.75) is 43.8 Å². The van der Waals surface area contributed by atoms with Gasteiger partial charge in [0.05, 0.1) is 11.1 Å². The summed E-state index contributed by atoms with van der Waals surface area (Å²) >= 11 is 0. The van der Waals surface area contributed by atoms with Gasteiger partial charge in [-0.25, -0.2) is 4.79 Å². The Kier molecular flexibility index (Phi) is 5.60. The average molecular weight is 457 g/mol. The van der Waals surface area contributed by atoms with Crippen molar-refractivity contribution in [2.75, 3.05) is 18.4 Å². The van der Waals surface area contributed by atoms with Crippen molar-refractivity contribution >= 4 is 11.7 Å². The van der Waals surface area contributed by atoms with E-state index in [4.69, 9.17) is 0 Å². The number of alkyl halides is 6. The molecular formula is C22H21F6N3O. The number of hydrogen-bond acceptors (Lipinski definition) is 2. The summed E-state index contributed by atoms with van der Waals surface area (Å²) in [7, 11) is 0. The highest BCUT2D eigenvalue weighted by molar-refractivity contribution is 5.90. The molecule has 2 amide bonds. The Balaban J connectivity index is 1.44. The normalized spacial score (nSPS) is 22.3. The van der Waals surface area contributed by atoms with Crippen LogP contribution in [0.15, 0.2) is 48.5 Å². The Morgan fingerprint density at radius 1 is 0.969 bits per heavy atom. The van der Waals surface area contributed by atoms with Crippen molar-refractivity contribution in [3.05, 3.63) is 65.2 Å². The van der Waals surface area contributed by atoms with Gasteiger partial charge in [0.2, 0.25) is 0 Å². The Hall–Kier alpha value is -2.75. The van der Waals surface area contributed by atoms with Crippen LogP contribution >= 0.6 is 0 Å². The number of rotatable bonds is 3. The van der Waals surface area contributed by atoms with E-state index >= 15 is 0 Å². The van der Waals surface area contributed by atoms with E-state index in [9.17, 15) is 31.1 Å². The van der Waals surface area contributed by atoms with Gasteiger partial charge in [0.25, 0.3) is 0 Å². The number of halogens is 6. The lowest BCUT2D eigenvalue weighted by Crippen LogP contribution is -2.50. The Bertz CT molecular complexity index is 1010. The third-order valence-electron chi connectivity index (χ3n) is 6.20. The van der Waals surface area contributed by atoms with Gasteiger partial charge in [-0.2, -0.15) is 26.3 Å². The van der Waals surface area contributed by atoms with Crippen LogP contribution in [-0.2, 0) is 12.4 Å². The molecule has 2 fully saturated rings. The minimum atomic E-state index is -4.52. The second-order valence-electron chi connectivity index (χ2n) is 8.16. The molecule has 2 aromatic rings. The number of hydrogen-bond donors (Lipinski definition) is 1. The second kappa shape index (κ2) is 7.99. The van der Waals surface area contributed by atoms with Crippen molar-refractivity contribution < 1.29 is 31.1 Å². The number of nitrogens with one attached hydrogen (secondary N) is 1. The maximum atomic E-state index is 13.4. The molecule has 2 saturated heterocycles. The number of carbonyl (C=O) groups excluding carboxylic acids is 1. The van der Waals surface area contributed by atoms with Gasteiger partial charge in [-0.1, -0.05) is 24.3 Å². The maximum absolute atomic E-state index is 13.4. The molecule has 2 heterocycles. The highest BCUT2D eigenvalue weighted by Gasteiger charge is 2.48. The van der Waals surface area contributed by atoms with E-state index in [1.165, 1.54) is 24.3 Å². The molecule has 0 aromatic heterocycles. The van der Waals surface area contributed by atoms with E-state index in [2.05, 4.69) is 5.32 Å². The molecule has 0 spiro atoms. The molecule has 3 unspecified atom stereocenters. The van der Waals surface area contributed by atoms with E-state index in [0.717, 1.165) is 18.2 Å². The summed E-state index contributed by atoms with van der Waals surface area (Å²) in [5, 5.41) is 2.51. The van der Waals surface area contributed by atoms with Crippen LogP contribution in [0.4, 0.5) is 36.8 Å². The topological polar surface area (TPSA) is 35.6 Å². The fourth-order valence-electron chi connectivity index (χ4n) is 4.69. The van der Waals surface area contributed by atoms with Crippen LogP contribution in [0.1, 0.15) is 36.1 Å². The fourth-order valence-corrected chi connectivity index (χ4v) is 4.69. The first-order chi connectivity index (χ1) is 14.9. The molecule has 4 nitrogen and oxygen atoms in total. The van der Waals surface area contributed by atoms with Gasteiger partial charge in [-0.3, -0.25) is 4.90 Å². The van der Waals surface area contributed by atoms with Gasteiger partial charge < -0.3 is 10.2 Å². The van der Waals surface area contributed by atoms with Gasteiger partial charge in [-0.05, 0) is 43.2 Å². The number of likely N-dealkylation sites (tertiary alicyclic amines) is 2. The number of anilines is 1. The Morgan fingerprint density at radius 3 is 2.31 bits per heavy atom. The molecule has 0 saturated carbocycles. The number of carbonyl (C=O) groups is 1. The van der Waals surface area contributed by atoms with Crippen molar-refractivity contribution in [2.24, 2.45) is 0 Å². The molecule has 2 bridgehead atoms. The summed E-state index contributed by atoms with van der Waals surface area (Å²) in [4.78, 5) is 16.2. The van der Waals surface area contributed by atoms with Crippen LogP contribution in [0.2, 0.25) is 0 Å². The van der Waals surface area contributed by atoms with Gasteiger partial charge in [0, 0.05) is 36.9 Å². The number of nitrogens with zero attached hydrogens (tertiary/aromatic N) is 2. The maximum Gasteiger partial charge on any atom is 0.416 e. The fraction of sp³-hybridized carbons (Fsp3) is 0.409. The van der Waals surface area contributed by atoms with Crippen LogP contribution < -0.4 is 5.32 Å². The second-order valence-corrected chi connectivity index (χ2v) is 8.16. The van der Waals surface area contributed by atoms with Crippen LogP contribution in [-0.4, -0.2) is 41.0 Å². The van der Waals surface area contributed by atoms with Gasteiger partial charge in [-0.15, -0.1) is 0 Å². The van der Waals surface area contributed by atoms with Crippen molar-refractivity contribution in [3.63, 3.8) is 0 Å². The largest absolute Gasteiger partial charge is 0.416 e. The summed E-state index contributed by atoms with van der Waals surface area (Å²) in [5.41, 5.74) is -1.31. The zero-order chi connectivity index (χ0) is 23.3. The SMILES string of the molecule is CC(c1ccccc1C(F)(F)F)N1CC2CC1CN2C(=O)Nc1cccc(C(F)(F)F)c1. The van der Waals surface area contributed by atoms with E-state index in [1.54, 1.807) is 17.9 Å². The Morgan fingerprint density at radius 2 is 1.69 bits per heavy atom. The predicted molar refractivity (Wildman–Crippen MR) is 106 cm³/mol. The van der Waals surface area contributed by atoms with Crippen molar-refractivity contribution in [1.82, 2.24) is 9.80 Å². The van der Waals surface area contributed by atoms with E-state index < -0.39 is 35.6 Å². The lowest BCUT2D eigenvalue weighted by atomic mass is 9.99. The zero-order valence-electron chi connectivity index (χ0n) is 17.0. The minimum Gasteiger partial charge on any atom is -0.319 e. The van der Waals surface area contributed by atoms with Crippen LogP contribution in [0.25, 0.3) is 0 Å². The van der Waals surface area contributed by atoms with E-state index in [1.807, 2.05) is 4.90 Å². The molecule has 4 rings (SSSR count). The first-order valence-electron chi connectivity index (χ1n) is 10.1. The zero-order valence-corrected chi connectivity index (χ0v) is 17.0. The first kappa shape index (κ1) is 22.4. The molecule has 10 heteroatoms. The third kappa shape index (κ3) is 4.28. The summed E-state index contributed by atoms with van der Waals surface area (Å²) in [6.45, 7) is 2.42. The molecule has 2 aromatic carbocycles. The lowest BCUT2D eigenvalue weighted by molar-refractivity contribution is -0.139. The van der Waals surface area contributed by atoms with E-state index in [0.29, 0.717) is 19.5 Å². The van der Waals surface area contributed by atoms with E-state index in [-0.39, 0.29) is 23.3 Å². The predicted octanol–water partition coefficient (Wildman–Crippen LogP) is 5.78. The van der Waals surface area contributed by atoms with Crippen LogP contribution in [0, 0.1) is 0 Å². The molecule has 3 atom stereocenters. The van der Waals surface area contributed by atoms with Crippen molar-refractivity contribution in [1.29, 1.82) is 0 Å².